The van der Waals surface area contributed by atoms with Crippen molar-refractivity contribution in [3.8, 4) is 11.1 Å². The number of benzene rings is 3. The molecule has 0 aromatic heterocycles. The van der Waals surface area contributed by atoms with E-state index in [1.807, 2.05) is 48.5 Å². The van der Waals surface area contributed by atoms with Gasteiger partial charge in [-0.1, -0.05) is 48.5 Å². The number of nitrogens with zero attached hydrogens (tertiary/aromatic N) is 3. The SMILES string of the molecule is C[C@@H](O)[C@H]1C(=O)N2C(C(=O)O)=C(c3ccc4c(c3)-c3ccc(C[N+]56CC[N+](CC(=O)c7ccccc7)(CC5)CC6)cc3C4=O)C[C@H]12.[Cl-].[Cl-]. The number of carboxylic acid groups (broad SMARTS) is 1. The number of carbonyl (C=O) groups is 4. The number of carbonyl (C=O) groups excluding carboxylic acids is 3. The van der Waals surface area contributed by atoms with Gasteiger partial charge < -0.3 is 48.9 Å². The van der Waals surface area contributed by atoms with E-state index >= 15 is 0 Å². The molecule has 48 heavy (non-hydrogen) atoms. The van der Waals surface area contributed by atoms with Crippen LogP contribution in [0.5, 0.6) is 0 Å². The Bertz CT molecular complexity index is 1870. The van der Waals surface area contributed by atoms with Gasteiger partial charge in [-0.25, -0.2) is 4.79 Å². The van der Waals surface area contributed by atoms with Crippen LogP contribution in [0.2, 0.25) is 0 Å². The van der Waals surface area contributed by atoms with Gasteiger partial charge in [-0.3, -0.25) is 14.4 Å². The van der Waals surface area contributed by atoms with Gasteiger partial charge in [-0.05, 0) is 53.8 Å². The summed E-state index contributed by atoms with van der Waals surface area (Å²) in [6.07, 6.45) is -0.505. The minimum absolute atomic E-state index is 0. The number of piperazine rings is 3. The van der Waals surface area contributed by atoms with Crippen molar-refractivity contribution in [3.63, 3.8) is 0 Å². The topological polar surface area (TPSA) is 112 Å². The number of fused-ring (bicyclic) bond motifs is 7. The first-order valence-electron chi connectivity index (χ1n) is 16.2. The Morgan fingerprint density at radius 3 is 2.12 bits per heavy atom. The predicted octanol–water partition coefficient (Wildman–Crippen LogP) is -2.64. The molecule has 0 unspecified atom stereocenters. The average Bonchev–Trinajstić information content (AvgIpc) is 3.54. The lowest BCUT2D eigenvalue weighted by molar-refractivity contribution is -1.08. The summed E-state index contributed by atoms with van der Waals surface area (Å²) in [4.78, 5) is 52.9. The Labute approximate surface area is 291 Å². The lowest BCUT2D eigenvalue weighted by Crippen LogP contribution is -3.00. The van der Waals surface area contributed by atoms with Gasteiger partial charge in [0.25, 0.3) is 0 Å². The number of halogens is 2. The maximum absolute atomic E-state index is 13.6. The molecule has 0 saturated carbocycles. The number of hydrogen-bond acceptors (Lipinski definition) is 5. The number of β-lactam (4-membered cyclic amide) rings is 1. The zero-order chi connectivity index (χ0) is 32.0. The number of amides is 1. The molecule has 11 heteroatoms. The molecule has 0 radical (unpaired) electrons. The monoisotopic (exact) mass is 689 g/mol. The smallest absolute Gasteiger partial charge is 0.352 e. The van der Waals surface area contributed by atoms with E-state index in [1.165, 1.54) is 4.90 Å². The normalized spacial score (nSPS) is 26.9. The van der Waals surface area contributed by atoms with E-state index in [9.17, 15) is 29.4 Å². The van der Waals surface area contributed by atoms with Gasteiger partial charge in [0.15, 0.2) is 5.78 Å². The van der Waals surface area contributed by atoms with Crippen molar-refractivity contribution < 1.29 is 63.2 Å². The number of aliphatic hydroxyl groups is 1. The van der Waals surface area contributed by atoms with E-state index in [4.69, 9.17) is 0 Å². The number of aliphatic carboxylic acids is 1. The molecule has 5 aliphatic heterocycles. The van der Waals surface area contributed by atoms with E-state index in [1.54, 1.807) is 19.1 Å². The maximum atomic E-state index is 13.6. The van der Waals surface area contributed by atoms with E-state index < -0.39 is 18.0 Å². The first-order chi connectivity index (χ1) is 22.1. The molecule has 4 fully saturated rings. The fraction of sp³-hybridized carbons (Fsp3) is 0.351. The number of ketones is 2. The average molecular weight is 691 g/mol. The second-order valence-corrected chi connectivity index (χ2v) is 14.0. The van der Waals surface area contributed by atoms with Gasteiger partial charge in [0.05, 0.1) is 18.1 Å². The molecule has 1 aliphatic carbocycles. The van der Waals surface area contributed by atoms with Crippen LogP contribution in [0, 0.1) is 5.92 Å². The van der Waals surface area contributed by atoms with Crippen molar-refractivity contribution >= 4 is 29.0 Å². The first kappa shape index (κ1) is 34.0. The number of rotatable bonds is 8. The molecule has 0 spiro atoms. The Morgan fingerprint density at radius 1 is 0.833 bits per heavy atom. The highest BCUT2D eigenvalue weighted by molar-refractivity contribution is 6.22. The Kier molecular flexibility index (Phi) is 8.67. The van der Waals surface area contributed by atoms with Crippen molar-refractivity contribution in [2.75, 3.05) is 45.8 Å². The number of carboxylic acids is 1. The highest BCUT2D eigenvalue weighted by Gasteiger charge is 2.57. The van der Waals surface area contributed by atoms with Crippen LogP contribution in [0.1, 0.15) is 50.8 Å². The largest absolute Gasteiger partial charge is 1.00 e. The van der Waals surface area contributed by atoms with E-state index in [0.717, 1.165) is 77.0 Å². The third kappa shape index (κ3) is 5.20. The van der Waals surface area contributed by atoms with Crippen LogP contribution in [0.4, 0.5) is 0 Å². The van der Waals surface area contributed by atoms with E-state index in [0.29, 0.717) is 35.2 Å². The van der Waals surface area contributed by atoms with Crippen LogP contribution in [0.15, 0.2) is 72.4 Å². The molecular weight excluding hydrogens is 653 g/mol. The summed E-state index contributed by atoms with van der Waals surface area (Å²) < 4.78 is 1.83. The third-order valence-corrected chi connectivity index (χ3v) is 11.4. The lowest BCUT2D eigenvalue weighted by atomic mass is 9.82. The minimum atomic E-state index is -1.17. The van der Waals surface area contributed by atoms with Crippen molar-refractivity contribution in [1.29, 1.82) is 0 Å². The summed E-state index contributed by atoms with van der Waals surface area (Å²) in [6, 6.07) is 20.8. The Hall–Kier alpha value is -3.86. The highest BCUT2D eigenvalue weighted by Crippen LogP contribution is 2.48. The summed E-state index contributed by atoms with van der Waals surface area (Å²) in [5.74, 6) is -1.95. The first-order valence-corrected chi connectivity index (χ1v) is 16.2. The van der Waals surface area contributed by atoms with Gasteiger partial charge in [0.2, 0.25) is 11.7 Å². The predicted molar refractivity (Wildman–Crippen MR) is 169 cm³/mol. The second-order valence-electron chi connectivity index (χ2n) is 14.0. The van der Waals surface area contributed by atoms with Crippen molar-refractivity contribution in [3.05, 3.63) is 100 Å². The van der Waals surface area contributed by atoms with Gasteiger partial charge in [-0.15, -0.1) is 0 Å². The number of Topliss-reactive ketones (excluding diaryl/α,β-unsaturated/α-hetero) is 1. The van der Waals surface area contributed by atoms with Crippen molar-refractivity contribution in [2.45, 2.75) is 32.0 Å². The zero-order valence-electron chi connectivity index (χ0n) is 26.6. The van der Waals surface area contributed by atoms with Crippen LogP contribution in [-0.2, 0) is 16.1 Å². The lowest BCUT2D eigenvalue weighted by Gasteiger charge is -2.55. The number of hydrogen-bond donors (Lipinski definition) is 2. The highest BCUT2D eigenvalue weighted by atomic mass is 35.5. The molecule has 3 atom stereocenters. The van der Waals surface area contributed by atoms with Crippen LogP contribution in [0.25, 0.3) is 16.7 Å². The maximum Gasteiger partial charge on any atom is 0.352 e. The summed E-state index contributed by atoms with van der Waals surface area (Å²) in [6.45, 7) is 8.92. The van der Waals surface area contributed by atoms with E-state index in [-0.39, 0.29) is 54.0 Å². The fourth-order valence-electron chi connectivity index (χ4n) is 8.76. The molecule has 1 amide bonds. The Morgan fingerprint density at radius 2 is 1.48 bits per heavy atom. The molecule has 9 rings (SSSR count). The van der Waals surface area contributed by atoms with Gasteiger partial charge >= 0.3 is 5.97 Å². The van der Waals surface area contributed by atoms with Crippen molar-refractivity contribution in [2.24, 2.45) is 5.92 Å². The summed E-state index contributed by atoms with van der Waals surface area (Å²) in [5, 5.41) is 20.1. The molecule has 2 N–H and O–H groups in total. The molecule has 3 aromatic rings. The molecule has 2 bridgehead atoms. The molecule has 250 valence electrons. The van der Waals surface area contributed by atoms with Crippen LogP contribution in [0.3, 0.4) is 0 Å². The third-order valence-electron chi connectivity index (χ3n) is 11.4. The van der Waals surface area contributed by atoms with Gasteiger partial charge in [-0.2, -0.15) is 0 Å². The molecular formula is C37H37Cl2N3O6. The van der Waals surface area contributed by atoms with Crippen LogP contribution < -0.4 is 24.8 Å². The molecule has 4 saturated heterocycles. The van der Waals surface area contributed by atoms with Crippen LogP contribution >= 0.6 is 0 Å². The van der Waals surface area contributed by atoms with E-state index in [2.05, 4.69) is 6.07 Å². The number of quaternary nitrogens is 2. The summed E-state index contributed by atoms with van der Waals surface area (Å²) >= 11 is 0. The minimum Gasteiger partial charge on any atom is -1.00 e. The molecule has 3 aromatic carbocycles. The van der Waals surface area contributed by atoms with Crippen molar-refractivity contribution in [1.82, 2.24) is 4.90 Å². The molecule has 9 nitrogen and oxygen atoms in total. The zero-order valence-corrected chi connectivity index (χ0v) is 28.1. The second kappa shape index (κ2) is 12.2. The summed E-state index contributed by atoms with van der Waals surface area (Å²) in [7, 11) is 0. The van der Waals surface area contributed by atoms with Crippen LogP contribution in [-0.4, -0.2) is 105 Å². The molecule has 5 heterocycles. The number of aliphatic hydroxyl groups excluding tert-OH is 1. The fourth-order valence-corrected chi connectivity index (χ4v) is 8.76. The quantitative estimate of drug-likeness (QED) is 0.119. The van der Waals surface area contributed by atoms with Gasteiger partial charge in [0, 0.05) is 22.3 Å². The standard InChI is InChI=1S/C37H36N3O6.2ClH/c1-22(41)33-31-19-28(34(37(45)46)38(31)36(33)44)25-8-10-27-29(18-25)26-9-7-23(17-30(26)35(27)43)20-39-11-14-40(15-12-39,16-13-39)21-32(42)24-5-3-2-4-6-24;;/h2-10,17-18,22,31,33,41H,11-16,19-21H2,1H3;2*1H/q+1;;/p-1/t22-,31-,33-,39?,40?;;/m1../s1. The van der Waals surface area contributed by atoms with Gasteiger partial charge in [0.1, 0.15) is 58.1 Å². The Balaban J connectivity index is 0.00000201. The molecule has 6 aliphatic rings. The summed E-state index contributed by atoms with van der Waals surface area (Å²) in [5.41, 5.74) is 6.01.